The molecule has 2 heterocycles. The largest absolute Gasteiger partial charge is 0.372 e. The first kappa shape index (κ1) is 16.5. The van der Waals surface area contributed by atoms with Crippen LogP contribution in [0.15, 0.2) is 73.1 Å². The van der Waals surface area contributed by atoms with Crippen LogP contribution in [0.25, 0.3) is 5.69 Å². The van der Waals surface area contributed by atoms with E-state index in [1.165, 1.54) is 24.9 Å². The van der Waals surface area contributed by atoms with Crippen molar-refractivity contribution in [2.24, 2.45) is 0 Å². The van der Waals surface area contributed by atoms with Gasteiger partial charge in [-0.05, 0) is 73.9 Å². The molecule has 0 atom stereocenters. The Morgan fingerprint density at radius 3 is 2.27 bits per heavy atom. The van der Waals surface area contributed by atoms with Gasteiger partial charge in [-0.15, -0.1) is 0 Å². The van der Waals surface area contributed by atoms with Gasteiger partial charge in [-0.25, -0.2) is 0 Å². The van der Waals surface area contributed by atoms with E-state index in [1.807, 2.05) is 65.5 Å². The summed E-state index contributed by atoms with van der Waals surface area (Å²) in [4.78, 5) is 15.0. The van der Waals surface area contributed by atoms with Gasteiger partial charge in [0.05, 0.1) is 0 Å². The van der Waals surface area contributed by atoms with Crippen LogP contribution in [0.2, 0.25) is 0 Å². The molecule has 1 aliphatic rings. The molecule has 3 aromatic rings. The molecule has 0 radical (unpaired) electrons. The number of carbonyl (C=O) groups is 1. The minimum atomic E-state index is -0.0928. The highest BCUT2D eigenvalue weighted by Crippen LogP contribution is 2.22. The Kier molecular flexibility index (Phi) is 4.73. The molecule has 1 N–H and O–H groups in total. The molecule has 4 rings (SSSR count). The van der Waals surface area contributed by atoms with Crippen molar-refractivity contribution in [2.75, 3.05) is 23.3 Å². The Labute approximate surface area is 154 Å². The third-order valence-corrected chi connectivity index (χ3v) is 4.86. The standard InChI is InChI=1S/C22H23N3O/c26-22(18-7-6-8-21(17-18)25-15-4-5-16-25)23-19-9-11-20(12-10-19)24-13-2-1-3-14-24/h4-12,15-17H,1-3,13-14H2,(H,23,26). The van der Waals surface area contributed by atoms with Crippen molar-refractivity contribution in [1.82, 2.24) is 4.57 Å². The Morgan fingerprint density at radius 1 is 0.808 bits per heavy atom. The third kappa shape index (κ3) is 3.64. The van der Waals surface area contributed by atoms with Gasteiger partial charge in [0.25, 0.3) is 5.91 Å². The van der Waals surface area contributed by atoms with E-state index in [9.17, 15) is 4.79 Å². The van der Waals surface area contributed by atoms with Crippen molar-refractivity contribution < 1.29 is 4.79 Å². The van der Waals surface area contributed by atoms with E-state index in [0.717, 1.165) is 24.5 Å². The molecule has 1 aromatic heterocycles. The number of amides is 1. The summed E-state index contributed by atoms with van der Waals surface area (Å²) < 4.78 is 1.99. The second-order valence-electron chi connectivity index (χ2n) is 6.69. The summed E-state index contributed by atoms with van der Waals surface area (Å²) in [5.41, 5.74) is 3.68. The Morgan fingerprint density at radius 2 is 1.54 bits per heavy atom. The van der Waals surface area contributed by atoms with Crippen LogP contribution in [0, 0.1) is 0 Å². The molecule has 2 aromatic carbocycles. The van der Waals surface area contributed by atoms with Crippen LogP contribution in [-0.4, -0.2) is 23.6 Å². The van der Waals surface area contributed by atoms with Crippen LogP contribution in [0.4, 0.5) is 11.4 Å². The molecule has 1 fully saturated rings. The Hall–Kier alpha value is -3.01. The monoisotopic (exact) mass is 345 g/mol. The maximum Gasteiger partial charge on any atom is 0.255 e. The normalized spacial score (nSPS) is 14.2. The average molecular weight is 345 g/mol. The topological polar surface area (TPSA) is 37.3 Å². The van der Waals surface area contributed by atoms with Crippen LogP contribution in [0.5, 0.6) is 0 Å². The molecular weight excluding hydrogens is 322 g/mol. The number of rotatable bonds is 4. The van der Waals surface area contributed by atoms with Crippen LogP contribution >= 0.6 is 0 Å². The van der Waals surface area contributed by atoms with Crippen molar-refractivity contribution in [2.45, 2.75) is 19.3 Å². The number of nitrogens with one attached hydrogen (secondary N) is 1. The number of benzene rings is 2. The van der Waals surface area contributed by atoms with Crippen LogP contribution in [0.1, 0.15) is 29.6 Å². The zero-order chi connectivity index (χ0) is 17.8. The highest BCUT2D eigenvalue weighted by molar-refractivity contribution is 6.04. The van der Waals surface area contributed by atoms with Crippen molar-refractivity contribution in [3.05, 3.63) is 78.6 Å². The second kappa shape index (κ2) is 7.48. The van der Waals surface area contributed by atoms with Crippen LogP contribution in [0.3, 0.4) is 0 Å². The molecule has 1 saturated heterocycles. The predicted octanol–water partition coefficient (Wildman–Crippen LogP) is 4.72. The molecule has 1 amide bonds. The van der Waals surface area contributed by atoms with Gasteiger partial charge in [0.2, 0.25) is 0 Å². The van der Waals surface area contributed by atoms with Crippen molar-refractivity contribution >= 4 is 17.3 Å². The lowest BCUT2D eigenvalue weighted by molar-refractivity contribution is 0.102. The summed E-state index contributed by atoms with van der Waals surface area (Å²) in [7, 11) is 0. The zero-order valence-corrected chi connectivity index (χ0v) is 14.8. The highest BCUT2D eigenvalue weighted by Gasteiger charge is 2.11. The molecule has 26 heavy (non-hydrogen) atoms. The molecule has 0 spiro atoms. The molecule has 4 heteroatoms. The fourth-order valence-corrected chi connectivity index (χ4v) is 3.43. The van der Waals surface area contributed by atoms with E-state index in [4.69, 9.17) is 0 Å². The molecule has 0 saturated carbocycles. The lowest BCUT2D eigenvalue weighted by Crippen LogP contribution is -2.29. The van der Waals surface area contributed by atoms with Crippen molar-refractivity contribution in [1.29, 1.82) is 0 Å². The van der Waals surface area contributed by atoms with E-state index in [2.05, 4.69) is 22.3 Å². The van der Waals surface area contributed by atoms with Crippen LogP contribution in [-0.2, 0) is 0 Å². The van der Waals surface area contributed by atoms with E-state index in [0.29, 0.717) is 5.56 Å². The lowest BCUT2D eigenvalue weighted by Gasteiger charge is -2.28. The number of piperidine rings is 1. The maximum absolute atomic E-state index is 12.6. The fourth-order valence-electron chi connectivity index (χ4n) is 3.43. The molecule has 4 nitrogen and oxygen atoms in total. The summed E-state index contributed by atoms with van der Waals surface area (Å²) >= 11 is 0. The number of anilines is 2. The number of aromatic nitrogens is 1. The van der Waals surface area contributed by atoms with E-state index < -0.39 is 0 Å². The average Bonchev–Trinajstić information content (AvgIpc) is 3.24. The van der Waals surface area contributed by atoms with Gasteiger partial charge in [0.15, 0.2) is 0 Å². The van der Waals surface area contributed by atoms with Crippen LogP contribution < -0.4 is 10.2 Å². The van der Waals surface area contributed by atoms with Gasteiger partial charge < -0.3 is 14.8 Å². The number of hydrogen-bond acceptors (Lipinski definition) is 2. The molecule has 0 aliphatic carbocycles. The Bertz CT molecular complexity index is 863. The summed E-state index contributed by atoms with van der Waals surface area (Å²) in [6.07, 6.45) is 7.78. The molecule has 0 unspecified atom stereocenters. The molecule has 0 bridgehead atoms. The van der Waals surface area contributed by atoms with Gasteiger partial charge in [-0.3, -0.25) is 4.79 Å². The van der Waals surface area contributed by atoms with Gasteiger partial charge in [0.1, 0.15) is 0 Å². The molecular formula is C22H23N3O. The van der Waals surface area contributed by atoms with Gasteiger partial charge in [0, 0.05) is 48.1 Å². The second-order valence-corrected chi connectivity index (χ2v) is 6.69. The quantitative estimate of drug-likeness (QED) is 0.743. The van der Waals surface area contributed by atoms with Gasteiger partial charge in [-0.2, -0.15) is 0 Å². The summed E-state index contributed by atoms with van der Waals surface area (Å²) in [5, 5.41) is 2.99. The first-order valence-electron chi connectivity index (χ1n) is 9.19. The fraction of sp³-hybridized carbons (Fsp3) is 0.227. The highest BCUT2D eigenvalue weighted by atomic mass is 16.1. The lowest BCUT2D eigenvalue weighted by atomic mass is 10.1. The minimum absolute atomic E-state index is 0.0928. The Balaban J connectivity index is 1.45. The minimum Gasteiger partial charge on any atom is -0.372 e. The first-order valence-corrected chi connectivity index (χ1v) is 9.19. The third-order valence-electron chi connectivity index (χ3n) is 4.86. The zero-order valence-electron chi connectivity index (χ0n) is 14.8. The van der Waals surface area contributed by atoms with E-state index in [1.54, 1.807) is 0 Å². The smallest absolute Gasteiger partial charge is 0.255 e. The predicted molar refractivity (Wildman–Crippen MR) is 106 cm³/mol. The van der Waals surface area contributed by atoms with Crippen molar-refractivity contribution in [3.63, 3.8) is 0 Å². The molecule has 132 valence electrons. The number of hydrogen-bond donors (Lipinski definition) is 1. The van der Waals surface area contributed by atoms with E-state index in [-0.39, 0.29) is 5.91 Å². The molecule has 1 aliphatic heterocycles. The van der Waals surface area contributed by atoms with E-state index >= 15 is 0 Å². The SMILES string of the molecule is O=C(Nc1ccc(N2CCCCC2)cc1)c1cccc(-n2cccc2)c1. The number of nitrogens with zero attached hydrogens (tertiary/aromatic N) is 2. The number of carbonyl (C=O) groups excluding carboxylic acids is 1. The maximum atomic E-state index is 12.6. The summed E-state index contributed by atoms with van der Waals surface area (Å²) in [6.45, 7) is 2.25. The van der Waals surface area contributed by atoms with Gasteiger partial charge in [-0.1, -0.05) is 6.07 Å². The first-order chi connectivity index (χ1) is 12.8. The van der Waals surface area contributed by atoms with Crippen molar-refractivity contribution in [3.8, 4) is 5.69 Å². The summed E-state index contributed by atoms with van der Waals surface area (Å²) in [5.74, 6) is -0.0928. The summed E-state index contributed by atoms with van der Waals surface area (Å²) in [6, 6.07) is 19.7. The van der Waals surface area contributed by atoms with Gasteiger partial charge >= 0.3 is 0 Å².